The van der Waals surface area contributed by atoms with E-state index in [4.69, 9.17) is 10.5 Å². The van der Waals surface area contributed by atoms with E-state index in [2.05, 4.69) is 0 Å². The van der Waals surface area contributed by atoms with Gasteiger partial charge in [0.15, 0.2) is 0 Å². The van der Waals surface area contributed by atoms with Crippen LogP contribution in [0.15, 0.2) is 0 Å². The molecule has 0 radical (unpaired) electrons. The van der Waals surface area contributed by atoms with E-state index in [1.165, 1.54) is 0 Å². The molecule has 22 heavy (non-hydrogen) atoms. The standard InChI is InChI=1S/C16H31N3O3/c1-11(2)19(15(21)22-16(4,5)6)10-13-8-7-9-18(13)14(20)12(3)17/h11-13H,7-10,17H2,1-6H3/t12-,13?/m0/s1. The molecule has 1 unspecified atom stereocenters. The van der Waals surface area contributed by atoms with Gasteiger partial charge in [0.25, 0.3) is 0 Å². The first kappa shape index (κ1) is 18.7. The molecule has 0 aromatic rings. The molecule has 1 aliphatic heterocycles. The van der Waals surface area contributed by atoms with Gasteiger partial charge in [-0.2, -0.15) is 0 Å². The van der Waals surface area contributed by atoms with Crippen LogP contribution in [0.1, 0.15) is 54.4 Å². The zero-order valence-electron chi connectivity index (χ0n) is 14.8. The second-order valence-electron chi connectivity index (χ2n) is 7.34. The van der Waals surface area contributed by atoms with Gasteiger partial charge >= 0.3 is 6.09 Å². The minimum atomic E-state index is -0.527. The molecule has 128 valence electrons. The highest BCUT2D eigenvalue weighted by Crippen LogP contribution is 2.21. The van der Waals surface area contributed by atoms with E-state index in [0.717, 1.165) is 12.8 Å². The molecule has 1 aliphatic rings. The van der Waals surface area contributed by atoms with Gasteiger partial charge in [0, 0.05) is 25.2 Å². The molecule has 0 bridgehead atoms. The lowest BCUT2D eigenvalue weighted by Crippen LogP contribution is -2.51. The van der Waals surface area contributed by atoms with E-state index in [0.29, 0.717) is 13.1 Å². The number of amides is 2. The van der Waals surface area contributed by atoms with Gasteiger partial charge in [0.05, 0.1) is 6.04 Å². The maximum absolute atomic E-state index is 12.4. The molecule has 6 heteroatoms. The number of rotatable bonds is 4. The van der Waals surface area contributed by atoms with Crippen molar-refractivity contribution < 1.29 is 14.3 Å². The zero-order valence-corrected chi connectivity index (χ0v) is 14.8. The van der Waals surface area contributed by atoms with Crippen molar-refractivity contribution in [3.8, 4) is 0 Å². The molecule has 1 rings (SSSR count). The Morgan fingerprint density at radius 3 is 2.36 bits per heavy atom. The Hall–Kier alpha value is -1.30. The van der Waals surface area contributed by atoms with Gasteiger partial charge in [-0.15, -0.1) is 0 Å². The number of likely N-dealkylation sites (tertiary alicyclic amines) is 1. The number of nitrogens with two attached hydrogens (primary N) is 1. The fourth-order valence-electron chi connectivity index (χ4n) is 2.62. The van der Waals surface area contributed by atoms with Crippen molar-refractivity contribution in [2.24, 2.45) is 5.73 Å². The molecule has 2 amide bonds. The summed E-state index contributed by atoms with van der Waals surface area (Å²) in [5.74, 6) is -0.0459. The van der Waals surface area contributed by atoms with Gasteiger partial charge in [-0.25, -0.2) is 4.79 Å². The summed E-state index contributed by atoms with van der Waals surface area (Å²) in [6.45, 7) is 12.4. The number of nitrogens with zero attached hydrogens (tertiary/aromatic N) is 2. The summed E-state index contributed by atoms with van der Waals surface area (Å²) in [5.41, 5.74) is 5.19. The lowest BCUT2D eigenvalue weighted by atomic mass is 10.1. The highest BCUT2D eigenvalue weighted by Gasteiger charge is 2.34. The number of ether oxygens (including phenoxy) is 1. The largest absolute Gasteiger partial charge is 0.444 e. The van der Waals surface area contributed by atoms with Crippen molar-refractivity contribution in [1.29, 1.82) is 0 Å². The first-order chi connectivity index (χ1) is 10.0. The molecule has 1 saturated heterocycles. The van der Waals surface area contributed by atoms with Gasteiger partial charge in [-0.1, -0.05) is 0 Å². The Balaban J connectivity index is 2.78. The number of carbonyl (C=O) groups excluding carboxylic acids is 2. The van der Waals surface area contributed by atoms with E-state index in [1.54, 1.807) is 11.8 Å². The van der Waals surface area contributed by atoms with Crippen molar-refractivity contribution in [2.45, 2.75) is 78.1 Å². The third-order valence-corrected chi connectivity index (χ3v) is 3.71. The molecule has 0 aliphatic carbocycles. The van der Waals surface area contributed by atoms with Crippen LogP contribution in [0.25, 0.3) is 0 Å². The smallest absolute Gasteiger partial charge is 0.410 e. The van der Waals surface area contributed by atoms with E-state index < -0.39 is 11.6 Å². The number of carbonyl (C=O) groups is 2. The van der Waals surface area contributed by atoms with Crippen molar-refractivity contribution in [2.75, 3.05) is 13.1 Å². The third-order valence-electron chi connectivity index (χ3n) is 3.71. The van der Waals surface area contributed by atoms with E-state index in [1.807, 2.05) is 39.5 Å². The van der Waals surface area contributed by atoms with Gasteiger partial charge in [0.1, 0.15) is 5.60 Å². The molecular formula is C16H31N3O3. The molecule has 6 nitrogen and oxygen atoms in total. The highest BCUT2D eigenvalue weighted by atomic mass is 16.6. The van der Waals surface area contributed by atoms with Crippen LogP contribution in [0, 0.1) is 0 Å². The molecule has 1 heterocycles. The minimum Gasteiger partial charge on any atom is -0.444 e. The molecular weight excluding hydrogens is 282 g/mol. The Morgan fingerprint density at radius 2 is 1.91 bits per heavy atom. The van der Waals surface area contributed by atoms with Crippen LogP contribution in [-0.4, -0.2) is 58.6 Å². The second-order valence-corrected chi connectivity index (χ2v) is 7.34. The molecule has 2 N–H and O–H groups in total. The molecule has 0 spiro atoms. The van der Waals surface area contributed by atoms with Crippen molar-refractivity contribution in [3.63, 3.8) is 0 Å². The van der Waals surface area contributed by atoms with E-state index >= 15 is 0 Å². The van der Waals surface area contributed by atoms with E-state index in [-0.39, 0.29) is 24.1 Å². The molecule has 1 fully saturated rings. The normalized spacial score (nSPS) is 20.2. The summed E-state index contributed by atoms with van der Waals surface area (Å²) in [6.07, 6.45) is 1.51. The first-order valence-electron chi connectivity index (χ1n) is 8.08. The fourth-order valence-corrected chi connectivity index (χ4v) is 2.62. The fraction of sp³-hybridized carbons (Fsp3) is 0.875. The summed E-state index contributed by atoms with van der Waals surface area (Å²) in [6, 6.07) is -0.467. The van der Waals surface area contributed by atoms with Crippen LogP contribution in [-0.2, 0) is 9.53 Å². The van der Waals surface area contributed by atoms with Crippen LogP contribution < -0.4 is 5.73 Å². The highest BCUT2D eigenvalue weighted by molar-refractivity contribution is 5.81. The quantitative estimate of drug-likeness (QED) is 0.861. The summed E-state index contributed by atoms with van der Waals surface area (Å²) in [7, 11) is 0. The van der Waals surface area contributed by atoms with Crippen molar-refractivity contribution in [3.05, 3.63) is 0 Å². The molecule has 2 atom stereocenters. The lowest BCUT2D eigenvalue weighted by Gasteiger charge is -2.35. The minimum absolute atomic E-state index is 0.0164. The van der Waals surface area contributed by atoms with Gasteiger partial charge in [-0.3, -0.25) is 4.79 Å². The first-order valence-corrected chi connectivity index (χ1v) is 8.08. The molecule has 0 aromatic carbocycles. The van der Waals surface area contributed by atoms with E-state index in [9.17, 15) is 9.59 Å². The molecule has 0 aromatic heterocycles. The number of hydrogen-bond acceptors (Lipinski definition) is 4. The third kappa shape index (κ3) is 5.16. The summed E-state index contributed by atoms with van der Waals surface area (Å²) in [4.78, 5) is 28.1. The van der Waals surface area contributed by atoms with Crippen molar-refractivity contribution >= 4 is 12.0 Å². The Kier molecular flexibility index (Phi) is 6.23. The predicted molar refractivity (Wildman–Crippen MR) is 86.5 cm³/mol. The van der Waals surface area contributed by atoms with Gasteiger partial charge in [-0.05, 0) is 54.4 Å². The summed E-state index contributed by atoms with van der Waals surface area (Å²) in [5, 5.41) is 0. The Bertz CT molecular complexity index is 402. The maximum Gasteiger partial charge on any atom is 0.410 e. The van der Waals surface area contributed by atoms with Crippen LogP contribution in [0.5, 0.6) is 0 Å². The second kappa shape index (κ2) is 7.31. The summed E-state index contributed by atoms with van der Waals surface area (Å²) >= 11 is 0. The topological polar surface area (TPSA) is 75.9 Å². The lowest BCUT2D eigenvalue weighted by molar-refractivity contribution is -0.133. The van der Waals surface area contributed by atoms with Crippen LogP contribution in [0.2, 0.25) is 0 Å². The average Bonchev–Trinajstić information content (AvgIpc) is 2.79. The van der Waals surface area contributed by atoms with Crippen LogP contribution in [0.4, 0.5) is 4.79 Å². The predicted octanol–water partition coefficient (Wildman–Crippen LogP) is 1.97. The average molecular weight is 313 g/mol. The van der Waals surface area contributed by atoms with Crippen LogP contribution >= 0.6 is 0 Å². The number of hydrogen-bond donors (Lipinski definition) is 1. The van der Waals surface area contributed by atoms with Gasteiger partial charge < -0.3 is 20.3 Å². The Morgan fingerprint density at radius 1 is 1.32 bits per heavy atom. The van der Waals surface area contributed by atoms with Crippen molar-refractivity contribution in [1.82, 2.24) is 9.80 Å². The van der Waals surface area contributed by atoms with Crippen LogP contribution in [0.3, 0.4) is 0 Å². The summed E-state index contributed by atoms with van der Waals surface area (Å²) < 4.78 is 5.47. The molecule has 0 saturated carbocycles. The zero-order chi connectivity index (χ0) is 17.1. The Labute approximate surface area is 134 Å². The maximum atomic E-state index is 12.4. The monoisotopic (exact) mass is 313 g/mol. The SMILES string of the molecule is CC(C)N(CC1CCCN1C(=O)[C@H](C)N)C(=O)OC(C)(C)C. The van der Waals surface area contributed by atoms with Gasteiger partial charge in [0.2, 0.25) is 5.91 Å².